The molecule has 0 aromatic carbocycles. The topological polar surface area (TPSA) is 26.3 Å². The summed E-state index contributed by atoms with van der Waals surface area (Å²) in [5, 5.41) is -0.506. The molecule has 0 amide bonds. The van der Waals surface area contributed by atoms with E-state index in [-0.39, 0.29) is 0 Å². The van der Waals surface area contributed by atoms with Crippen LogP contribution in [-0.4, -0.2) is 24.3 Å². The predicted molar refractivity (Wildman–Crippen MR) is 39.9 cm³/mol. The van der Waals surface area contributed by atoms with Crippen LogP contribution in [0.3, 0.4) is 0 Å². The predicted octanol–water partition coefficient (Wildman–Crippen LogP) is 1.75. The van der Waals surface area contributed by atoms with Gasteiger partial charge in [0.15, 0.2) is 0 Å². The van der Waals surface area contributed by atoms with E-state index < -0.39 is 17.2 Å². The molecule has 11 heavy (non-hydrogen) atoms. The van der Waals surface area contributed by atoms with Crippen molar-refractivity contribution in [2.45, 2.75) is 5.92 Å². The molecule has 0 radical (unpaired) electrons. The summed E-state index contributed by atoms with van der Waals surface area (Å²) in [5.74, 6) is -3.78. The van der Waals surface area contributed by atoms with Crippen LogP contribution in [-0.2, 0) is 9.53 Å². The molecule has 0 aliphatic rings. The van der Waals surface area contributed by atoms with Crippen LogP contribution in [0.15, 0.2) is 12.2 Å². The van der Waals surface area contributed by atoms with Crippen molar-refractivity contribution in [2.75, 3.05) is 12.4 Å². The van der Waals surface area contributed by atoms with E-state index in [1.807, 2.05) is 0 Å². The number of esters is 1. The fourth-order valence-electron chi connectivity index (χ4n) is 0.303. The van der Waals surface area contributed by atoms with Crippen molar-refractivity contribution in [3.63, 3.8) is 0 Å². The Morgan fingerprint density at radius 1 is 1.73 bits per heavy atom. The zero-order valence-electron chi connectivity index (χ0n) is 5.81. The molecule has 0 aromatic heterocycles. The van der Waals surface area contributed by atoms with Crippen molar-refractivity contribution in [1.82, 2.24) is 0 Å². The second-order valence-corrected chi connectivity index (χ2v) is 2.31. The van der Waals surface area contributed by atoms with Gasteiger partial charge in [0.25, 0.3) is 5.92 Å². The van der Waals surface area contributed by atoms with Gasteiger partial charge in [-0.15, -0.1) is 0 Å². The number of halogens is 3. The highest BCUT2D eigenvalue weighted by Gasteiger charge is 2.22. The minimum atomic E-state index is -2.99. The Labute approximate surface area is 71.3 Å². The van der Waals surface area contributed by atoms with Crippen LogP contribution in [0.25, 0.3) is 0 Å². The van der Waals surface area contributed by atoms with E-state index in [0.717, 1.165) is 7.11 Å². The Hall–Kier alpha value is -0.450. The summed E-state index contributed by atoms with van der Waals surface area (Å²) in [6.45, 7) is 0. The lowest BCUT2D eigenvalue weighted by Gasteiger charge is -2.04. The molecule has 0 atom stereocenters. The van der Waals surface area contributed by atoms with E-state index >= 15 is 0 Å². The van der Waals surface area contributed by atoms with Crippen molar-refractivity contribution >= 4 is 21.9 Å². The van der Waals surface area contributed by atoms with Crippen LogP contribution in [0.5, 0.6) is 0 Å². The number of allylic oxidation sites excluding steroid dienone is 1. The molecular formula is C6H7BrF2O2. The molecule has 0 unspecified atom stereocenters. The maximum Gasteiger partial charge on any atom is 0.330 e. The molecular weight excluding hydrogens is 222 g/mol. The van der Waals surface area contributed by atoms with Gasteiger partial charge in [0, 0.05) is 6.08 Å². The third-order valence-corrected chi connectivity index (χ3v) is 1.59. The quantitative estimate of drug-likeness (QED) is 0.418. The van der Waals surface area contributed by atoms with Gasteiger partial charge in [-0.25, -0.2) is 13.6 Å². The molecule has 0 bridgehead atoms. The minimum Gasteiger partial charge on any atom is -0.466 e. The highest BCUT2D eigenvalue weighted by Crippen LogP contribution is 2.17. The zero-order valence-corrected chi connectivity index (χ0v) is 7.40. The summed E-state index contributed by atoms with van der Waals surface area (Å²) in [5.41, 5.74) is 0. The number of ether oxygens (including phenoxy) is 1. The van der Waals surface area contributed by atoms with E-state index in [1.165, 1.54) is 0 Å². The third kappa shape index (κ3) is 4.89. The van der Waals surface area contributed by atoms with Crippen molar-refractivity contribution in [2.24, 2.45) is 0 Å². The number of methoxy groups -OCH3 is 1. The molecule has 0 N–H and O–H groups in total. The second-order valence-electron chi connectivity index (χ2n) is 1.75. The van der Waals surface area contributed by atoms with Crippen molar-refractivity contribution < 1.29 is 18.3 Å². The zero-order chi connectivity index (χ0) is 8.91. The van der Waals surface area contributed by atoms with E-state index in [0.29, 0.717) is 12.2 Å². The lowest BCUT2D eigenvalue weighted by molar-refractivity contribution is -0.135. The number of alkyl halides is 3. The molecule has 5 heteroatoms. The van der Waals surface area contributed by atoms with Gasteiger partial charge >= 0.3 is 5.97 Å². The summed E-state index contributed by atoms with van der Waals surface area (Å²) < 4.78 is 28.7. The van der Waals surface area contributed by atoms with Gasteiger partial charge < -0.3 is 4.74 Å². The summed E-state index contributed by atoms with van der Waals surface area (Å²) >= 11 is 2.59. The van der Waals surface area contributed by atoms with Gasteiger partial charge in [-0.05, 0) is 6.08 Å². The Morgan fingerprint density at radius 3 is 2.64 bits per heavy atom. The molecule has 64 valence electrons. The molecule has 0 saturated heterocycles. The van der Waals surface area contributed by atoms with Crippen LogP contribution < -0.4 is 0 Å². The number of hydrogen-bond acceptors (Lipinski definition) is 2. The summed E-state index contributed by atoms with van der Waals surface area (Å²) in [6, 6.07) is 0. The minimum absolute atomic E-state index is 0.494. The Morgan fingerprint density at radius 2 is 2.27 bits per heavy atom. The molecule has 0 aromatic rings. The molecule has 0 saturated carbocycles. The SMILES string of the molecule is COC(=O)/C=C/C(F)(F)CBr. The van der Waals surface area contributed by atoms with E-state index in [1.54, 1.807) is 0 Å². The maximum absolute atomic E-state index is 12.3. The first-order chi connectivity index (χ1) is 5.02. The number of carbonyl (C=O) groups excluding carboxylic acids is 1. The molecule has 0 aliphatic carbocycles. The molecule has 0 rings (SSSR count). The van der Waals surface area contributed by atoms with Crippen molar-refractivity contribution in [3.8, 4) is 0 Å². The van der Waals surface area contributed by atoms with Crippen LogP contribution >= 0.6 is 15.9 Å². The smallest absolute Gasteiger partial charge is 0.330 e. The van der Waals surface area contributed by atoms with Gasteiger partial charge in [-0.3, -0.25) is 0 Å². The van der Waals surface area contributed by atoms with Crippen molar-refractivity contribution in [1.29, 1.82) is 0 Å². The molecule has 0 heterocycles. The van der Waals surface area contributed by atoms with Crippen LogP contribution in [0.4, 0.5) is 8.78 Å². The first-order valence-electron chi connectivity index (χ1n) is 2.73. The standard InChI is InChI=1S/C6H7BrF2O2/c1-11-5(10)2-3-6(8,9)4-7/h2-3H,4H2,1H3/b3-2+. The molecule has 0 spiro atoms. The first-order valence-corrected chi connectivity index (χ1v) is 3.85. The normalized spacial score (nSPS) is 12.0. The third-order valence-electron chi connectivity index (χ3n) is 0.843. The Bertz CT molecular complexity index is 168. The van der Waals surface area contributed by atoms with Gasteiger partial charge in [-0.1, -0.05) is 15.9 Å². The summed E-state index contributed by atoms with van der Waals surface area (Å²) in [4.78, 5) is 10.3. The molecule has 2 nitrogen and oxygen atoms in total. The number of hydrogen-bond donors (Lipinski definition) is 0. The Kier molecular flexibility index (Phi) is 4.25. The average Bonchev–Trinajstić information content (AvgIpc) is 2.00. The average molecular weight is 229 g/mol. The number of carbonyl (C=O) groups is 1. The Balaban J connectivity index is 4.01. The number of rotatable bonds is 3. The second kappa shape index (κ2) is 4.43. The summed E-state index contributed by atoms with van der Waals surface area (Å²) in [7, 11) is 1.12. The van der Waals surface area contributed by atoms with Gasteiger partial charge in [0.05, 0.1) is 12.4 Å². The first kappa shape index (κ1) is 10.6. The fourth-order valence-corrected chi connectivity index (χ4v) is 0.489. The van der Waals surface area contributed by atoms with Crippen LogP contribution in [0.1, 0.15) is 0 Å². The van der Waals surface area contributed by atoms with Crippen LogP contribution in [0.2, 0.25) is 0 Å². The van der Waals surface area contributed by atoms with Gasteiger partial charge in [0.1, 0.15) is 0 Å². The maximum atomic E-state index is 12.3. The lowest BCUT2D eigenvalue weighted by Crippen LogP contribution is -2.14. The highest BCUT2D eigenvalue weighted by molar-refractivity contribution is 9.09. The lowest BCUT2D eigenvalue weighted by atomic mass is 10.3. The van der Waals surface area contributed by atoms with Gasteiger partial charge in [-0.2, -0.15) is 0 Å². The highest BCUT2D eigenvalue weighted by atomic mass is 79.9. The van der Waals surface area contributed by atoms with Crippen LogP contribution in [0, 0.1) is 0 Å². The molecule has 0 aliphatic heterocycles. The van der Waals surface area contributed by atoms with E-state index in [4.69, 9.17) is 0 Å². The van der Waals surface area contributed by atoms with E-state index in [9.17, 15) is 13.6 Å². The van der Waals surface area contributed by atoms with Gasteiger partial charge in [0.2, 0.25) is 0 Å². The summed E-state index contributed by atoms with van der Waals surface area (Å²) in [6.07, 6.45) is 1.19. The monoisotopic (exact) mass is 228 g/mol. The molecule has 0 fully saturated rings. The van der Waals surface area contributed by atoms with Crippen molar-refractivity contribution in [3.05, 3.63) is 12.2 Å². The largest absolute Gasteiger partial charge is 0.466 e. The fraction of sp³-hybridized carbons (Fsp3) is 0.500. The van der Waals surface area contributed by atoms with E-state index in [2.05, 4.69) is 20.7 Å².